The standard InChI is InChI=1S/C20H14FN7O.C10H15NO/c1-12-16(29-13-6-8-28-17(9-13)24-11-26-28)5-4-14(18(12)21)27-20-19-15(23-10-25-20)3-2-7-22-19;1-2-9(12)11-8-4-3-5-10(11)6-7-10/h2-11H,1H3,(H,23,25,27);2H,1,3-8H2. The van der Waals surface area contributed by atoms with Crippen molar-refractivity contribution in [3.05, 3.63) is 85.5 Å². The fourth-order valence-electron chi connectivity index (χ4n) is 5.19. The summed E-state index contributed by atoms with van der Waals surface area (Å²) in [5.41, 5.74) is 2.79. The zero-order valence-corrected chi connectivity index (χ0v) is 22.6. The van der Waals surface area contributed by atoms with Gasteiger partial charge < -0.3 is 15.0 Å². The molecule has 0 bridgehead atoms. The van der Waals surface area contributed by atoms with Gasteiger partial charge >= 0.3 is 0 Å². The molecule has 1 saturated carbocycles. The predicted octanol–water partition coefficient (Wildman–Crippen LogP) is 5.77. The number of rotatable bonds is 5. The number of nitrogens with zero attached hydrogens (tertiary/aromatic N) is 7. The Balaban J connectivity index is 0.000000210. The lowest BCUT2D eigenvalue weighted by molar-refractivity contribution is -0.130. The third kappa shape index (κ3) is 5.30. The number of hydrogen-bond donors (Lipinski definition) is 1. The Kier molecular flexibility index (Phi) is 7.00. The molecular formula is C30H29FN8O2. The quantitative estimate of drug-likeness (QED) is 0.274. The van der Waals surface area contributed by atoms with Gasteiger partial charge in [-0.15, -0.1) is 0 Å². The normalized spacial score (nSPS) is 15.3. The highest BCUT2D eigenvalue weighted by atomic mass is 19.1. The minimum Gasteiger partial charge on any atom is -0.457 e. The molecule has 0 unspecified atom stereocenters. The van der Waals surface area contributed by atoms with Gasteiger partial charge in [-0.1, -0.05) is 6.58 Å². The SMILES string of the molecule is C=CC(=O)N1CCCCC12CC2.Cc1c(Oc2ccn3ncnc3c2)ccc(Nc2ncnc3cccnc23)c1F. The number of piperidine rings is 1. The first kappa shape index (κ1) is 26.3. The Hall–Kier alpha value is -4.93. The monoisotopic (exact) mass is 552 g/mol. The number of benzene rings is 1. The molecule has 1 aliphatic heterocycles. The Bertz CT molecular complexity index is 1740. The van der Waals surface area contributed by atoms with E-state index in [1.54, 1.807) is 54.2 Å². The van der Waals surface area contributed by atoms with Crippen LogP contribution >= 0.6 is 0 Å². The molecule has 1 amide bonds. The molecule has 1 aromatic carbocycles. The van der Waals surface area contributed by atoms with Crippen LogP contribution in [0.2, 0.25) is 0 Å². The fraction of sp³-hybridized carbons (Fsp3) is 0.267. The van der Waals surface area contributed by atoms with E-state index in [9.17, 15) is 4.79 Å². The molecule has 10 nitrogen and oxygen atoms in total. The second-order valence-corrected chi connectivity index (χ2v) is 10.2. The van der Waals surface area contributed by atoms with Crippen LogP contribution in [0.25, 0.3) is 16.7 Å². The van der Waals surface area contributed by atoms with Crippen LogP contribution in [0.1, 0.15) is 37.7 Å². The third-order valence-electron chi connectivity index (χ3n) is 7.58. The van der Waals surface area contributed by atoms with Crippen LogP contribution in [0.3, 0.4) is 0 Å². The molecule has 208 valence electrons. The molecule has 5 heterocycles. The van der Waals surface area contributed by atoms with E-state index in [2.05, 4.69) is 36.9 Å². The number of halogens is 1. The van der Waals surface area contributed by atoms with Crippen LogP contribution in [0.4, 0.5) is 15.9 Å². The summed E-state index contributed by atoms with van der Waals surface area (Å²) < 4.78 is 22.5. The molecule has 2 aliphatic rings. The van der Waals surface area contributed by atoms with Gasteiger partial charge in [0.25, 0.3) is 0 Å². The van der Waals surface area contributed by atoms with Crippen LogP contribution in [0, 0.1) is 12.7 Å². The van der Waals surface area contributed by atoms with Crippen molar-refractivity contribution in [3.8, 4) is 11.5 Å². The molecular weight excluding hydrogens is 523 g/mol. The van der Waals surface area contributed by atoms with Crippen molar-refractivity contribution in [2.75, 3.05) is 11.9 Å². The first-order valence-corrected chi connectivity index (χ1v) is 13.5. The van der Waals surface area contributed by atoms with E-state index in [1.807, 2.05) is 11.0 Å². The summed E-state index contributed by atoms with van der Waals surface area (Å²) in [6.45, 7) is 6.14. The van der Waals surface area contributed by atoms with Gasteiger partial charge in [0.15, 0.2) is 17.3 Å². The van der Waals surface area contributed by atoms with Gasteiger partial charge in [0, 0.05) is 36.1 Å². The predicted molar refractivity (Wildman–Crippen MR) is 153 cm³/mol. The van der Waals surface area contributed by atoms with Gasteiger partial charge in [0.1, 0.15) is 29.7 Å². The van der Waals surface area contributed by atoms with E-state index < -0.39 is 5.82 Å². The van der Waals surface area contributed by atoms with Crippen molar-refractivity contribution in [1.29, 1.82) is 0 Å². The largest absolute Gasteiger partial charge is 0.457 e. The second kappa shape index (κ2) is 10.9. The van der Waals surface area contributed by atoms with Crippen molar-refractivity contribution >= 4 is 34.1 Å². The molecule has 2 fully saturated rings. The third-order valence-corrected chi connectivity index (χ3v) is 7.58. The Labute approximate surface area is 235 Å². The van der Waals surface area contributed by atoms with Crippen molar-refractivity contribution in [2.45, 2.75) is 44.6 Å². The molecule has 0 atom stereocenters. The number of amides is 1. The number of ether oxygens (including phenoxy) is 1. The fourth-order valence-corrected chi connectivity index (χ4v) is 5.19. The highest BCUT2D eigenvalue weighted by molar-refractivity contribution is 5.88. The van der Waals surface area contributed by atoms with Crippen LogP contribution in [-0.4, -0.2) is 52.4 Å². The first-order valence-electron chi connectivity index (χ1n) is 13.5. The molecule has 1 spiro atoms. The Morgan fingerprint density at radius 3 is 2.80 bits per heavy atom. The number of anilines is 2. The summed E-state index contributed by atoms with van der Waals surface area (Å²) in [5, 5.41) is 7.04. The van der Waals surface area contributed by atoms with Gasteiger partial charge in [-0.2, -0.15) is 5.10 Å². The van der Waals surface area contributed by atoms with E-state index in [0.29, 0.717) is 39.6 Å². The van der Waals surface area contributed by atoms with Crippen LogP contribution in [-0.2, 0) is 4.79 Å². The summed E-state index contributed by atoms with van der Waals surface area (Å²) >= 11 is 0. The maximum atomic E-state index is 15.0. The van der Waals surface area contributed by atoms with Gasteiger partial charge in [0.05, 0.1) is 11.2 Å². The Morgan fingerprint density at radius 2 is 1.98 bits per heavy atom. The molecule has 1 aliphatic carbocycles. The lowest BCUT2D eigenvalue weighted by atomic mass is 10.00. The molecule has 1 saturated heterocycles. The van der Waals surface area contributed by atoms with Crippen molar-refractivity contribution in [1.82, 2.24) is 34.4 Å². The zero-order chi connectivity index (χ0) is 28.4. The number of nitrogens with one attached hydrogen (secondary N) is 1. The lowest BCUT2D eigenvalue weighted by Crippen LogP contribution is -2.44. The smallest absolute Gasteiger partial charge is 0.246 e. The van der Waals surface area contributed by atoms with E-state index in [1.165, 1.54) is 50.8 Å². The minimum absolute atomic E-state index is 0.132. The highest BCUT2D eigenvalue weighted by Gasteiger charge is 2.50. The molecule has 11 heteroatoms. The van der Waals surface area contributed by atoms with Crippen molar-refractivity contribution < 1.29 is 13.9 Å². The molecule has 41 heavy (non-hydrogen) atoms. The number of pyridine rings is 2. The molecule has 1 N–H and O–H groups in total. The molecule has 5 aromatic rings. The van der Waals surface area contributed by atoms with E-state index in [0.717, 1.165) is 6.54 Å². The van der Waals surface area contributed by atoms with Crippen molar-refractivity contribution in [2.24, 2.45) is 0 Å². The van der Waals surface area contributed by atoms with Gasteiger partial charge in [-0.25, -0.2) is 23.9 Å². The number of likely N-dealkylation sites (tertiary alicyclic amines) is 1. The van der Waals surface area contributed by atoms with Crippen LogP contribution in [0.5, 0.6) is 11.5 Å². The molecule has 4 aromatic heterocycles. The van der Waals surface area contributed by atoms with Gasteiger partial charge in [0.2, 0.25) is 5.91 Å². The first-order chi connectivity index (χ1) is 20.0. The second-order valence-electron chi connectivity index (χ2n) is 10.2. The lowest BCUT2D eigenvalue weighted by Gasteiger charge is -2.35. The number of carbonyl (C=O) groups is 1. The summed E-state index contributed by atoms with van der Waals surface area (Å²) in [7, 11) is 0. The number of carbonyl (C=O) groups excluding carboxylic acids is 1. The van der Waals surface area contributed by atoms with Crippen LogP contribution < -0.4 is 10.1 Å². The summed E-state index contributed by atoms with van der Waals surface area (Å²) in [4.78, 5) is 30.2. The average molecular weight is 553 g/mol. The zero-order valence-electron chi connectivity index (χ0n) is 22.6. The van der Waals surface area contributed by atoms with Crippen LogP contribution in [0.15, 0.2) is 74.1 Å². The maximum Gasteiger partial charge on any atom is 0.246 e. The number of hydrogen-bond acceptors (Lipinski definition) is 8. The van der Waals surface area contributed by atoms with Gasteiger partial charge in [-0.05, 0) is 75.4 Å². The van der Waals surface area contributed by atoms with Gasteiger partial charge in [-0.3, -0.25) is 9.78 Å². The summed E-state index contributed by atoms with van der Waals surface area (Å²) in [6.07, 6.45) is 13.8. The highest BCUT2D eigenvalue weighted by Crippen LogP contribution is 2.48. The summed E-state index contributed by atoms with van der Waals surface area (Å²) in [6, 6.07) is 10.4. The molecule has 7 rings (SSSR count). The number of aromatic nitrogens is 6. The topological polar surface area (TPSA) is 110 Å². The maximum absolute atomic E-state index is 15.0. The van der Waals surface area contributed by atoms with E-state index >= 15 is 4.39 Å². The molecule has 0 radical (unpaired) electrons. The minimum atomic E-state index is -0.436. The Morgan fingerprint density at radius 1 is 1.10 bits per heavy atom. The van der Waals surface area contributed by atoms with E-state index in [4.69, 9.17) is 4.74 Å². The van der Waals surface area contributed by atoms with E-state index in [-0.39, 0.29) is 17.1 Å². The average Bonchev–Trinajstić information content (AvgIpc) is 3.60. The number of fused-ring (bicyclic) bond motifs is 2. The summed E-state index contributed by atoms with van der Waals surface area (Å²) in [5.74, 6) is 1.07. The van der Waals surface area contributed by atoms with Crippen molar-refractivity contribution in [3.63, 3.8) is 0 Å².